The average molecular weight is 222 g/mol. The maximum absolute atomic E-state index is 12.1. The molecule has 1 heterocycles. The van der Waals surface area contributed by atoms with Crippen molar-refractivity contribution in [2.24, 2.45) is 5.92 Å². The molecular formula is C11H18N4O. The summed E-state index contributed by atoms with van der Waals surface area (Å²) in [6, 6.07) is 0. The highest BCUT2D eigenvalue weighted by atomic mass is 16.1. The fourth-order valence-electron chi connectivity index (χ4n) is 2.27. The van der Waals surface area contributed by atoms with Crippen molar-refractivity contribution in [3.05, 3.63) is 5.82 Å². The van der Waals surface area contributed by atoms with Crippen LogP contribution in [0.2, 0.25) is 0 Å². The zero-order valence-corrected chi connectivity index (χ0v) is 9.72. The maximum atomic E-state index is 12.1. The van der Waals surface area contributed by atoms with Crippen molar-refractivity contribution in [1.82, 2.24) is 20.2 Å². The molecule has 1 aliphatic carbocycles. The molecule has 1 fully saturated rings. The number of Topliss-reactive ketones (excluding diaryl/α,β-unsaturated/α-hetero) is 1. The van der Waals surface area contributed by atoms with Crippen molar-refractivity contribution in [2.75, 3.05) is 0 Å². The van der Waals surface area contributed by atoms with Gasteiger partial charge in [0.05, 0.1) is 0 Å². The van der Waals surface area contributed by atoms with E-state index in [1.54, 1.807) is 4.68 Å². The van der Waals surface area contributed by atoms with Gasteiger partial charge in [-0.05, 0) is 30.2 Å². The highest BCUT2D eigenvalue weighted by Crippen LogP contribution is 2.23. The number of carbonyl (C=O) groups is 1. The van der Waals surface area contributed by atoms with Crippen molar-refractivity contribution in [3.8, 4) is 0 Å². The smallest absolute Gasteiger partial charge is 0.157 e. The van der Waals surface area contributed by atoms with Crippen molar-refractivity contribution in [3.63, 3.8) is 0 Å². The minimum Gasteiger partial charge on any atom is -0.297 e. The van der Waals surface area contributed by atoms with E-state index in [-0.39, 0.29) is 11.7 Å². The van der Waals surface area contributed by atoms with Crippen molar-refractivity contribution in [1.29, 1.82) is 0 Å². The second-order valence-corrected chi connectivity index (χ2v) is 4.54. The largest absolute Gasteiger partial charge is 0.297 e. The molecule has 16 heavy (non-hydrogen) atoms. The van der Waals surface area contributed by atoms with Crippen LogP contribution in [0.3, 0.4) is 0 Å². The Morgan fingerprint density at radius 2 is 2.00 bits per heavy atom. The number of aryl methyl sites for hydroxylation is 1. The minimum atomic E-state index is 0.228. The molecule has 5 heteroatoms. The second-order valence-electron chi connectivity index (χ2n) is 4.54. The van der Waals surface area contributed by atoms with Gasteiger partial charge in [-0.15, -0.1) is 5.10 Å². The Balaban J connectivity index is 1.94. The van der Waals surface area contributed by atoms with E-state index in [2.05, 4.69) is 15.5 Å². The minimum absolute atomic E-state index is 0.228. The molecule has 1 aromatic rings. The van der Waals surface area contributed by atoms with Crippen LogP contribution in [0.15, 0.2) is 0 Å². The van der Waals surface area contributed by atoms with Gasteiger partial charge in [-0.1, -0.05) is 25.7 Å². The van der Waals surface area contributed by atoms with Gasteiger partial charge in [0.15, 0.2) is 5.78 Å². The SMILES string of the molecule is Cc1nnnn1CC(=O)C1CCCCCC1. The molecule has 0 atom stereocenters. The van der Waals surface area contributed by atoms with E-state index in [0.717, 1.165) is 12.8 Å². The topological polar surface area (TPSA) is 60.7 Å². The molecule has 1 saturated carbocycles. The van der Waals surface area contributed by atoms with E-state index in [9.17, 15) is 4.79 Å². The molecule has 88 valence electrons. The lowest BCUT2D eigenvalue weighted by Crippen LogP contribution is -2.21. The van der Waals surface area contributed by atoms with E-state index in [0.29, 0.717) is 12.4 Å². The highest BCUT2D eigenvalue weighted by molar-refractivity contribution is 5.80. The molecule has 1 aromatic heterocycles. The van der Waals surface area contributed by atoms with E-state index in [1.807, 2.05) is 6.92 Å². The van der Waals surface area contributed by atoms with Gasteiger partial charge in [0.25, 0.3) is 0 Å². The van der Waals surface area contributed by atoms with Crippen LogP contribution in [0.4, 0.5) is 0 Å². The lowest BCUT2D eigenvalue weighted by molar-refractivity contribution is -0.124. The standard InChI is InChI=1S/C11H18N4O/c1-9-12-13-14-15(9)8-11(16)10-6-4-2-3-5-7-10/h10H,2-8H2,1H3. The molecule has 0 N–H and O–H groups in total. The second kappa shape index (κ2) is 5.18. The van der Waals surface area contributed by atoms with Gasteiger partial charge in [-0.2, -0.15) is 0 Å². The van der Waals surface area contributed by atoms with Crippen molar-refractivity contribution >= 4 is 5.78 Å². The Bertz CT molecular complexity index is 353. The molecule has 1 aliphatic rings. The summed E-state index contributed by atoms with van der Waals surface area (Å²) in [4.78, 5) is 12.1. The van der Waals surface area contributed by atoms with Crippen LogP contribution >= 0.6 is 0 Å². The zero-order chi connectivity index (χ0) is 11.4. The summed E-state index contributed by atoms with van der Waals surface area (Å²) in [5, 5.41) is 11.1. The number of hydrogen-bond acceptors (Lipinski definition) is 4. The number of nitrogens with zero attached hydrogens (tertiary/aromatic N) is 4. The van der Waals surface area contributed by atoms with Gasteiger partial charge in [-0.25, -0.2) is 4.68 Å². The Hall–Kier alpha value is -1.26. The van der Waals surface area contributed by atoms with Gasteiger partial charge in [0, 0.05) is 5.92 Å². The van der Waals surface area contributed by atoms with Crippen LogP contribution in [0.1, 0.15) is 44.3 Å². The van der Waals surface area contributed by atoms with E-state index >= 15 is 0 Å². The summed E-state index contributed by atoms with van der Waals surface area (Å²) in [5.41, 5.74) is 0. The quantitative estimate of drug-likeness (QED) is 0.727. The molecule has 0 bridgehead atoms. The van der Waals surface area contributed by atoms with Gasteiger partial charge in [0.1, 0.15) is 12.4 Å². The molecule has 2 rings (SSSR count). The van der Waals surface area contributed by atoms with E-state index < -0.39 is 0 Å². The molecule has 0 unspecified atom stereocenters. The third-order valence-electron chi connectivity index (χ3n) is 3.33. The molecule has 0 spiro atoms. The van der Waals surface area contributed by atoms with Crippen LogP contribution in [-0.4, -0.2) is 26.0 Å². The number of hydrogen-bond donors (Lipinski definition) is 0. The van der Waals surface area contributed by atoms with Gasteiger partial charge in [0.2, 0.25) is 0 Å². The van der Waals surface area contributed by atoms with Gasteiger partial charge < -0.3 is 0 Å². The summed E-state index contributed by atoms with van der Waals surface area (Å²) >= 11 is 0. The summed E-state index contributed by atoms with van der Waals surface area (Å²) in [6.07, 6.45) is 7.00. The van der Waals surface area contributed by atoms with Crippen LogP contribution in [-0.2, 0) is 11.3 Å². The van der Waals surface area contributed by atoms with Crippen LogP contribution in [0.5, 0.6) is 0 Å². The van der Waals surface area contributed by atoms with Crippen LogP contribution in [0, 0.1) is 12.8 Å². The van der Waals surface area contributed by atoms with Gasteiger partial charge in [-0.3, -0.25) is 4.79 Å². The van der Waals surface area contributed by atoms with Crippen molar-refractivity contribution in [2.45, 2.75) is 52.0 Å². The normalized spacial score (nSPS) is 18.3. The third kappa shape index (κ3) is 2.65. The molecule has 0 saturated heterocycles. The average Bonchev–Trinajstić information content (AvgIpc) is 2.57. The van der Waals surface area contributed by atoms with E-state index in [4.69, 9.17) is 0 Å². The zero-order valence-electron chi connectivity index (χ0n) is 9.72. The summed E-state index contributed by atoms with van der Waals surface area (Å²) in [6.45, 7) is 2.16. The molecule has 0 radical (unpaired) electrons. The molecule has 5 nitrogen and oxygen atoms in total. The number of carbonyl (C=O) groups excluding carboxylic acids is 1. The molecule has 0 aromatic carbocycles. The first-order valence-corrected chi connectivity index (χ1v) is 6.03. The summed E-state index contributed by atoms with van der Waals surface area (Å²) in [5.74, 6) is 1.23. The number of ketones is 1. The van der Waals surface area contributed by atoms with Gasteiger partial charge >= 0.3 is 0 Å². The number of rotatable bonds is 3. The molecule has 0 aliphatic heterocycles. The maximum Gasteiger partial charge on any atom is 0.157 e. The fourth-order valence-corrected chi connectivity index (χ4v) is 2.27. The Labute approximate surface area is 95.2 Å². The first-order valence-electron chi connectivity index (χ1n) is 6.03. The predicted octanol–water partition coefficient (Wildman–Crippen LogP) is 1.52. The number of tetrazole rings is 1. The Kier molecular flexibility index (Phi) is 3.64. The molecule has 0 amide bonds. The first-order chi connectivity index (χ1) is 7.77. The lowest BCUT2D eigenvalue weighted by Gasteiger charge is -2.12. The third-order valence-corrected chi connectivity index (χ3v) is 3.33. The predicted molar refractivity (Wildman–Crippen MR) is 58.8 cm³/mol. The fraction of sp³-hybridized carbons (Fsp3) is 0.818. The Morgan fingerprint density at radius 1 is 1.31 bits per heavy atom. The number of aromatic nitrogens is 4. The summed E-state index contributed by atoms with van der Waals surface area (Å²) in [7, 11) is 0. The van der Waals surface area contributed by atoms with Crippen LogP contribution < -0.4 is 0 Å². The monoisotopic (exact) mass is 222 g/mol. The first kappa shape index (κ1) is 11.2. The molecular weight excluding hydrogens is 204 g/mol. The van der Waals surface area contributed by atoms with E-state index in [1.165, 1.54) is 25.7 Å². The lowest BCUT2D eigenvalue weighted by atomic mass is 9.95. The summed E-state index contributed by atoms with van der Waals surface area (Å²) < 4.78 is 1.59. The Morgan fingerprint density at radius 3 is 2.56 bits per heavy atom. The van der Waals surface area contributed by atoms with Crippen molar-refractivity contribution < 1.29 is 4.79 Å². The van der Waals surface area contributed by atoms with Crippen LogP contribution in [0.25, 0.3) is 0 Å². The highest BCUT2D eigenvalue weighted by Gasteiger charge is 2.20.